The third kappa shape index (κ3) is 4.62. The highest BCUT2D eigenvalue weighted by Crippen LogP contribution is 2.03. The smallest absolute Gasteiger partial charge is 0.0692 e. The molecule has 1 rings (SSSR count). The van der Waals surface area contributed by atoms with Crippen molar-refractivity contribution < 1.29 is 5.11 Å². The lowest BCUT2D eigenvalue weighted by atomic mass is 10.1. The van der Waals surface area contributed by atoms with E-state index in [1.54, 1.807) is 6.20 Å². The second-order valence-electron chi connectivity index (χ2n) is 3.16. The van der Waals surface area contributed by atoms with Crippen LogP contribution in [0.3, 0.4) is 0 Å². The predicted octanol–water partition coefficient (Wildman–Crippen LogP) is 1.22. The molecule has 1 heterocycles. The Morgan fingerprint density at radius 3 is 2.54 bits per heavy atom. The van der Waals surface area contributed by atoms with Crippen LogP contribution in [-0.2, 0) is 6.54 Å². The van der Waals surface area contributed by atoms with Crippen LogP contribution in [0.15, 0.2) is 12.4 Å². The standard InChI is InChI=1S/C9H17N3O/c13-9-5-3-1-2-4-7-12-8-6-10-11-12/h6,8,13H,1-5,7,9H2. The summed E-state index contributed by atoms with van der Waals surface area (Å²) in [5.74, 6) is 0. The molecule has 1 aromatic heterocycles. The van der Waals surface area contributed by atoms with Gasteiger partial charge in [0.2, 0.25) is 0 Å². The molecular formula is C9H17N3O. The van der Waals surface area contributed by atoms with Gasteiger partial charge in [-0.1, -0.05) is 24.5 Å². The number of hydrogen-bond acceptors (Lipinski definition) is 3. The van der Waals surface area contributed by atoms with E-state index in [1.807, 2.05) is 10.9 Å². The number of aliphatic hydroxyl groups is 1. The van der Waals surface area contributed by atoms with E-state index in [1.165, 1.54) is 12.8 Å². The average Bonchev–Trinajstić information content (AvgIpc) is 2.63. The number of rotatable bonds is 7. The van der Waals surface area contributed by atoms with Gasteiger partial charge in [-0.2, -0.15) is 0 Å². The normalized spacial score (nSPS) is 10.5. The molecule has 74 valence electrons. The van der Waals surface area contributed by atoms with Crippen LogP contribution in [0.25, 0.3) is 0 Å². The molecule has 0 saturated heterocycles. The predicted molar refractivity (Wildman–Crippen MR) is 50.2 cm³/mol. The molecule has 4 heteroatoms. The van der Waals surface area contributed by atoms with Crippen LogP contribution in [0.5, 0.6) is 0 Å². The Kier molecular flexibility index (Phi) is 5.17. The number of aromatic nitrogens is 3. The number of aliphatic hydroxyl groups excluding tert-OH is 1. The first kappa shape index (κ1) is 10.2. The Morgan fingerprint density at radius 2 is 1.85 bits per heavy atom. The van der Waals surface area contributed by atoms with Crippen molar-refractivity contribution in [2.75, 3.05) is 6.61 Å². The summed E-state index contributed by atoms with van der Waals surface area (Å²) in [6.07, 6.45) is 9.21. The third-order valence-electron chi connectivity index (χ3n) is 2.02. The van der Waals surface area contributed by atoms with Gasteiger partial charge in [-0.3, -0.25) is 4.68 Å². The monoisotopic (exact) mass is 183 g/mol. The van der Waals surface area contributed by atoms with E-state index in [0.29, 0.717) is 6.61 Å². The largest absolute Gasteiger partial charge is 0.396 e. The number of unbranched alkanes of at least 4 members (excludes halogenated alkanes) is 4. The van der Waals surface area contributed by atoms with Crippen molar-refractivity contribution in [3.8, 4) is 0 Å². The van der Waals surface area contributed by atoms with E-state index in [2.05, 4.69) is 10.3 Å². The van der Waals surface area contributed by atoms with Crippen LogP contribution in [0.1, 0.15) is 32.1 Å². The lowest BCUT2D eigenvalue weighted by molar-refractivity contribution is 0.282. The van der Waals surface area contributed by atoms with Crippen molar-refractivity contribution in [2.45, 2.75) is 38.6 Å². The van der Waals surface area contributed by atoms with Crippen molar-refractivity contribution in [3.63, 3.8) is 0 Å². The van der Waals surface area contributed by atoms with Crippen molar-refractivity contribution in [3.05, 3.63) is 12.4 Å². The van der Waals surface area contributed by atoms with E-state index >= 15 is 0 Å². The molecule has 0 fully saturated rings. The van der Waals surface area contributed by atoms with Gasteiger partial charge in [0.1, 0.15) is 0 Å². The summed E-state index contributed by atoms with van der Waals surface area (Å²) in [6, 6.07) is 0. The van der Waals surface area contributed by atoms with E-state index in [9.17, 15) is 0 Å². The number of nitrogens with zero attached hydrogens (tertiary/aromatic N) is 3. The van der Waals surface area contributed by atoms with Gasteiger partial charge in [-0.25, -0.2) is 0 Å². The highest BCUT2D eigenvalue weighted by Gasteiger charge is 1.92. The maximum absolute atomic E-state index is 8.55. The molecule has 0 aromatic carbocycles. The Hall–Kier alpha value is -0.900. The maximum Gasteiger partial charge on any atom is 0.0692 e. The van der Waals surface area contributed by atoms with Gasteiger partial charge in [0, 0.05) is 19.3 Å². The zero-order chi connectivity index (χ0) is 9.36. The fraction of sp³-hybridized carbons (Fsp3) is 0.778. The van der Waals surface area contributed by atoms with Gasteiger partial charge in [-0.05, 0) is 12.8 Å². The van der Waals surface area contributed by atoms with Gasteiger partial charge >= 0.3 is 0 Å². The highest BCUT2D eigenvalue weighted by atomic mass is 16.2. The molecule has 0 radical (unpaired) electrons. The van der Waals surface area contributed by atoms with Gasteiger partial charge in [-0.15, -0.1) is 5.10 Å². The van der Waals surface area contributed by atoms with E-state index in [0.717, 1.165) is 25.8 Å². The highest BCUT2D eigenvalue weighted by molar-refractivity contribution is 4.63. The minimum Gasteiger partial charge on any atom is -0.396 e. The zero-order valence-corrected chi connectivity index (χ0v) is 7.89. The number of aryl methyl sites for hydroxylation is 1. The van der Waals surface area contributed by atoms with Gasteiger partial charge in [0.25, 0.3) is 0 Å². The summed E-state index contributed by atoms with van der Waals surface area (Å²) < 4.78 is 1.85. The fourth-order valence-electron chi connectivity index (χ4n) is 1.27. The molecule has 0 unspecified atom stereocenters. The Bertz CT molecular complexity index is 199. The summed E-state index contributed by atoms with van der Waals surface area (Å²) in [5, 5.41) is 16.2. The van der Waals surface area contributed by atoms with Crippen LogP contribution < -0.4 is 0 Å². The molecule has 0 spiro atoms. The molecule has 0 bridgehead atoms. The molecule has 0 amide bonds. The molecule has 13 heavy (non-hydrogen) atoms. The molecule has 4 nitrogen and oxygen atoms in total. The quantitative estimate of drug-likeness (QED) is 0.647. The van der Waals surface area contributed by atoms with Crippen molar-refractivity contribution >= 4 is 0 Å². The Morgan fingerprint density at radius 1 is 1.08 bits per heavy atom. The summed E-state index contributed by atoms with van der Waals surface area (Å²) in [6.45, 7) is 1.28. The van der Waals surface area contributed by atoms with E-state index in [4.69, 9.17) is 5.11 Å². The summed E-state index contributed by atoms with van der Waals surface area (Å²) >= 11 is 0. The van der Waals surface area contributed by atoms with Crippen LogP contribution >= 0.6 is 0 Å². The van der Waals surface area contributed by atoms with Crippen molar-refractivity contribution in [1.82, 2.24) is 15.0 Å². The van der Waals surface area contributed by atoms with Crippen LogP contribution in [0.4, 0.5) is 0 Å². The van der Waals surface area contributed by atoms with Crippen molar-refractivity contribution in [1.29, 1.82) is 0 Å². The minimum absolute atomic E-state index is 0.322. The van der Waals surface area contributed by atoms with Crippen LogP contribution in [0.2, 0.25) is 0 Å². The lowest BCUT2D eigenvalue weighted by Crippen LogP contribution is -1.98. The van der Waals surface area contributed by atoms with E-state index in [-0.39, 0.29) is 0 Å². The van der Waals surface area contributed by atoms with Gasteiger partial charge in [0.05, 0.1) is 6.20 Å². The third-order valence-corrected chi connectivity index (χ3v) is 2.02. The number of hydrogen-bond donors (Lipinski definition) is 1. The molecular weight excluding hydrogens is 166 g/mol. The first-order valence-corrected chi connectivity index (χ1v) is 4.88. The van der Waals surface area contributed by atoms with Gasteiger partial charge in [0.15, 0.2) is 0 Å². The van der Waals surface area contributed by atoms with Crippen LogP contribution in [-0.4, -0.2) is 26.7 Å². The Balaban J connectivity index is 1.90. The summed E-state index contributed by atoms with van der Waals surface area (Å²) in [5.41, 5.74) is 0. The van der Waals surface area contributed by atoms with Gasteiger partial charge < -0.3 is 5.11 Å². The molecule has 1 N–H and O–H groups in total. The second-order valence-corrected chi connectivity index (χ2v) is 3.16. The average molecular weight is 183 g/mol. The summed E-state index contributed by atoms with van der Waals surface area (Å²) in [4.78, 5) is 0. The SMILES string of the molecule is OCCCCCCCn1ccnn1. The molecule has 1 aromatic rings. The topological polar surface area (TPSA) is 50.9 Å². The lowest BCUT2D eigenvalue weighted by Gasteiger charge is -2.00. The second kappa shape index (κ2) is 6.60. The van der Waals surface area contributed by atoms with E-state index < -0.39 is 0 Å². The maximum atomic E-state index is 8.55. The molecule has 0 saturated carbocycles. The van der Waals surface area contributed by atoms with Crippen LogP contribution in [0, 0.1) is 0 Å². The first-order valence-electron chi connectivity index (χ1n) is 4.88. The fourth-order valence-corrected chi connectivity index (χ4v) is 1.27. The molecule has 0 aliphatic heterocycles. The Labute approximate surface area is 78.6 Å². The molecule has 0 aliphatic rings. The minimum atomic E-state index is 0.322. The first-order chi connectivity index (χ1) is 6.43. The molecule has 0 atom stereocenters. The zero-order valence-electron chi connectivity index (χ0n) is 7.89. The summed E-state index contributed by atoms with van der Waals surface area (Å²) in [7, 11) is 0. The molecule has 0 aliphatic carbocycles. The van der Waals surface area contributed by atoms with Crippen molar-refractivity contribution in [2.24, 2.45) is 0 Å².